The molecule has 110 valence electrons. The van der Waals surface area contributed by atoms with Crippen molar-refractivity contribution in [3.63, 3.8) is 0 Å². The molecular weight excluding hydrogens is 297 g/mol. The number of esters is 2. The minimum absolute atomic E-state index is 0.684. The fraction of sp³-hybridized carbons (Fsp3) is 0.500. The van der Waals surface area contributed by atoms with Crippen molar-refractivity contribution < 1.29 is 45.2 Å². The van der Waals surface area contributed by atoms with Crippen LogP contribution < -0.4 is 0 Å². The summed E-state index contributed by atoms with van der Waals surface area (Å²) in [5.74, 6) is -4.22. The van der Waals surface area contributed by atoms with Gasteiger partial charge >= 0.3 is 17.2 Å². The molecule has 7 nitrogen and oxygen atoms in total. The number of hydrogen-bond acceptors (Lipinski definition) is 7. The van der Waals surface area contributed by atoms with Gasteiger partial charge in [-0.3, -0.25) is 4.79 Å². The monoisotopic (exact) mass is 305 g/mol. The molecule has 0 unspecified atom stereocenters. The van der Waals surface area contributed by atoms with Gasteiger partial charge in [0.25, 0.3) is 0 Å². The average molecular weight is 305 g/mol. The van der Waals surface area contributed by atoms with E-state index < -0.39 is 52.8 Å². The van der Waals surface area contributed by atoms with Gasteiger partial charge in [-0.2, -0.15) is 13.2 Å². The van der Waals surface area contributed by atoms with Gasteiger partial charge in [-0.15, -0.1) is 0 Å². The quantitative estimate of drug-likeness (QED) is 0.372. The van der Waals surface area contributed by atoms with Crippen LogP contribution in [0.2, 0.25) is 0 Å². The molecule has 0 aromatic rings. The third-order valence-electron chi connectivity index (χ3n) is 1.53. The lowest BCUT2D eigenvalue weighted by molar-refractivity contribution is -0.152. The van der Waals surface area contributed by atoms with Gasteiger partial charge in [-0.25, -0.2) is 13.2 Å². The summed E-state index contributed by atoms with van der Waals surface area (Å²) in [5, 5.41) is -4.76. The molecule has 0 heterocycles. The lowest BCUT2D eigenvalue weighted by atomic mass is 10.4. The highest BCUT2D eigenvalue weighted by molar-refractivity contribution is 7.86. The minimum atomic E-state index is -5.95. The van der Waals surface area contributed by atoms with Gasteiger partial charge in [0.2, 0.25) is 5.83 Å². The summed E-state index contributed by atoms with van der Waals surface area (Å²) in [6.45, 7) is -0.0506. The summed E-state index contributed by atoms with van der Waals surface area (Å²) in [6, 6.07) is 0. The molecule has 0 radical (unpaired) electrons. The van der Waals surface area contributed by atoms with Crippen molar-refractivity contribution in [2.24, 2.45) is 0 Å². The molecule has 0 N–H and O–H groups in total. The molecule has 0 aliphatic heterocycles. The largest absolute Gasteiger partial charge is 0.743 e. The van der Waals surface area contributed by atoms with Gasteiger partial charge in [-0.05, 0) is 0 Å². The van der Waals surface area contributed by atoms with Crippen LogP contribution in [-0.2, 0) is 29.2 Å². The Morgan fingerprint density at radius 3 is 2.21 bits per heavy atom. The third-order valence-corrected chi connectivity index (χ3v) is 2.38. The molecule has 11 heteroatoms. The molecule has 0 fully saturated rings. The van der Waals surface area contributed by atoms with Crippen LogP contribution >= 0.6 is 0 Å². The summed E-state index contributed by atoms with van der Waals surface area (Å²) in [5.41, 5.74) is 0. The fourth-order valence-electron chi connectivity index (χ4n) is 0.614. The topological polar surface area (TPSA) is 110 Å². The molecule has 0 saturated carbocycles. The Labute approximate surface area is 105 Å². The van der Waals surface area contributed by atoms with Crippen LogP contribution in [0.5, 0.6) is 0 Å². The van der Waals surface area contributed by atoms with E-state index in [0.717, 1.165) is 0 Å². The highest BCUT2D eigenvalue weighted by Crippen LogP contribution is 2.20. The van der Waals surface area contributed by atoms with Gasteiger partial charge in [-0.1, -0.05) is 6.58 Å². The third kappa shape index (κ3) is 6.20. The van der Waals surface area contributed by atoms with E-state index in [1.165, 1.54) is 0 Å². The van der Waals surface area contributed by atoms with E-state index in [0.29, 0.717) is 0 Å². The van der Waals surface area contributed by atoms with Crippen LogP contribution in [0.25, 0.3) is 0 Å². The number of hydrogen-bond donors (Lipinski definition) is 0. The zero-order valence-electron chi connectivity index (χ0n) is 9.23. The van der Waals surface area contributed by atoms with Crippen LogP contribution in [0.4, 0.5) is 13.2 Å². The fourth-order valence-corrected chi connectivity index (χ4v) is 0.817. The molecule has 0 rings (SSSR count). The SMILES string of the molecule is C=C(F)C(=O)OCCC(=O)OCC(F)(F)S(=O)(=O)[O-]. The second-order valence-corrected chi connectivity index (χ2v) is 4.55. The lowest BCUT2D eigenvalue weighted by Crippen LogP contribution is -2.34. The van der Waals surface area contributed by atoms with E-state index in [-0.39, 0.29) is 0 Å². The van der Waals surface area contributed by atoms with Gasteiger partial charge in [0.05, 0.1) is 6.42 Å². The molecule has 0 saturated heterocycles. The van der Waals surface area contributed by atoms with Crippen molar-refractivity contribution in [2.45, 2.75) is 11.7 Å². The van der Waals surface area contributed by atoms with Crippen LogP contribution in [0, 0.1) is 0 Å². The predicted molar refractivity (Wildman–Crippen MR) is 51.4 cm³/mol. The number of carbonyl (C=O) groups excluding carboxylic acids is 2. The zero-order chi connectivity index (χ0) is 15.3. The maximum atomic E-state index is 12.5. The highest BCUT2D eigenvalue weighted by atomic mass is 32.2. The highest BCUT2D eigenvalue weighted by Gasteiger charge is 2.39. The predicted octanol–water partition coefficient (Wildman–Crippen LogP) is 0.0841. The van der Waals surface area contributed by atoms with Gasteiger partial charge in [0.1, 0.15) is 6.61 Å². The van der Waals surface area contributed by atoms with Crippen LogP contribution in [0.15, 0.2) is 12.4 Å². The number of carbonyl (C=O) groups is 2. The van der Waals surface area contributed by atoms with E-state index in [2.05, 4.69) is 16.1 Å². The minimum Gasteiger partial charge on any atom is -0.743 e. The molecule has 0 aromatic carbocycles. The number of halogens is 3. The first-order valence-electron chi connectivity index (χ1n) is 4.48. The molecule has 0 aliphatic carbocycles. The Kier molecular flexibility index (Phi) is 5.96. The Balaban J connectivity index is 4.08. The molecule has 0 spiro atoms. The first kappa shape index (κ1) is 17.4. The summed E-state index contributed by atoms with van der Waals surface area (Å²) >= 11 is 0. The van der Waals surface area contributed by atoms with Gasteiger partial charge in [0.15, 0.2) is 16.7 Å². The second-order valence-electron chi connectivity index (χ2n) is 3.04. The van der Waals surface area contributed by atoms with Crippen molar-refractivity contribution >= 4 is 22.1 Å². The Morgan fingerprint density at radius 1 is 1.26 bits per heavy atom. The maximum absolute atomic E-state index is 12.5. The molecule has 19 heavy (non-hydrogen) atoms. The average Bonchev–Trinajstić information content (AvgIpc) is 2.24. The van der Waals surface area contributed by atoms with E-state index in [1.807, 2.05) is 0 Å². The van der Waals surface area contributed by atoms with Crippen molar-refractivity contribution in [1.29, 1.82) is 0 Å². The molecular formula is C8H8F3O7S-. The Morgan fingerprint density at radius 2 is 1.79 bits per heavy atom. The summed E-state index contributed by atoms with van der Waals surface area (Å²) in [6.07, 6.45) is -0.728. The Hall–Kier alpha value is -1.62. The lowest BCUT2D eigenvalue weighted by Gasteiger charge is -2.19. The van der Waals surface area contributed by atoms with E-state index in [9.17, 15) is 35.7 Å². The van der Waals surface area contributed by atoms with Gasteiger partial charge in [0, 0.05) is 0 Å². The number of ether oxygens (including phenoxy) is 2. The normalized spacial score (nSPS) is 11.8. The standard InChI is InChI=1S/C8H9F3O7S/c1-5(9)7(13)17-3-2-6(12)18-4-8(10,11)19(14,15)16/h1-4H2,(H,14,15,16)/p-1. The van der Waals surface area contributed by atoms with Crippen LogP contribution in [-0.4, -0.2) is 43.4 Å². The van der Waals surface area contributed by atoms with Gasteiger partial charge < -0.3 is 14.0 Å². The Bertz CT molecular complexity index is 471. The first-order valence-corrected chi connectivity index (χ1v) is 5.88. The van der Waals surface area contributed by atoms with E-state index in [1.54, 1.807) is 0 Å². The number of rotatable bonds is 7. The molecule has 0 amide bonds. The summed E-state index contributed by atoms with van der Waals surface area (Å²) in [7, 11) is -5.95. The molecule has 0 atom stereocenters. The van der Waals surface area contributed by atoms with Crippen molar-refractivity contribution in [1.82, 2.24) is 0 Å². The summed E-state index contributed by atoms with van der Waals surface area (Å²) < 4.78 is 75.1. The first-order chi connectivity index (χ1) is 8.47. The molecule has 0 aliphatic rings. The smallest absolute Gasteiger partial charge is 0.367 e. The van der Waals surface area contributed by atoms with Crippen LogP contribution in [0.1, 0.15) is 6.42 Å². The summed E-state index contributed by atoms with van der Waals surface area (Å²) in [4.78, 5) is 21.3. The van der Waals surface area contributed by atoms with Crippen LogP contribution in [0.3, 0.4) is 0 Å². The molecule has 0 aromatic heterocycles. The van der Waals surface area contributed by atoms with E-state index >= 15 is 0 Å². The van der Waals surface area contributed by atoms with Crippen molar-refractivity contribution in [3.05, 3.63) is 12.4 Å². The zero-order valence-corrected chi connectivity index (χ0v) is 10.0. The van der Waals surface area contributed by atoms with E-state index in [4.69, 9.17) is 0 Å². The van der Waals surface area contributed by atoms with Crippen molar-refractivity contribution in [2.75, 3.05) is 13.2 Å². The second kappa shape index (κ2) is 6.52. The molecule has 0 bridgehead atoms. The number of alkyl halides is 2. The van der Waals surface area contributed by atoms with Crippen molar-refractivity contribution in [3.8, 4) is 0 Å². The maximum Gasteiger partial charge on any atom is 0.367 e.